The highest BCUT2D eigenvalue weighted by atomic mass is 32.2. The van der Waals surface area contributed by atoms with Crippen molar-refractivity contribution < 1.29 is 26.4 Å². The van der Waals surface area contributed by atoms with Crippen LogP contribution in [0.1, 0.15) is 16.7 Å². The van der Waals surface area contributed by atoms with Crippen molar-refractivity contribution in [3.63, 3.8) is 0 Å². The van der Waals surface area contributed by atoms with E-state index >= 15 is 0 Å². The van der Waals surface area contributed by atoms with Gasteiger partial charge in [-0.1, -0.05) is 18.2 Å². The van der Waals surface area contributed by atoms with E-state index in [-0.39, 0.29) is 30.5 Å². The van der Waals surface area contributed by atoms with Crippen LogP contribution in [0.15, 0.2) is 48.7 Å². The average molecular weight is 492 g/mol. The number of aromatic nitrogens is 2. The smallest absolute Gasteiger partial charge is 0.365 e. The number of fused-ring (bicyclic) bond motifs is 1. The van der Waals surface area contributed by atoms with E-state index < -0.39 is 27.6 Å². The molecule has 13 heteroatoms. The number of sulfonamides is 1. The number of carbonyl (C=O) groups excluding carboxylic acids is 1. The van der Waals surface area contributed by atoms with Gasteiger partial charge in [0.2, 0.25) is 21.9 Å². The second-order valence-corrected chi connectivity index (χ2v) is 9.31. The largest absolute Gasteiger partial charge is 0.421 e. The first kappa shape index (κ1) is 23.3. The number of carbonyl (C=O) groups is 1. The summed E-state index contributed by atoms with van der Waals surface area (Å²) in [6.07, 6.45) is -2.87. The van der Waals surface area contributed by atoms with E-state index in [2.05, 4.69) is 30.6 Å². The van der Waals surface area contributed by atoms with E-state index in [1.165, 1.54) is 6.07 Å². The Morgan fingerprint density at radius 3 is 2.65 bits per heavy atom. The van der Waals surface area contributed by atoms with Crippen molar-refractivity contribution >= 4 is 44.8 Å². The fraction of sp³-hybridized carbons (Fsp3) is 0.190. The zero-order valence-corrected chi connectivity index (χ0v) is 18.5. The lowest BCUT2D eigenvalue weighted by molar-refractivity contribution is -0.137. The van der Waals surface area contributed by atoms with Gasteiger partial charge < -0.3 is 16.0 Å². The number of rotatable bonds is 7. The standard InChI is InChI=1S/C21H19F3N6O3S/c1-34(32,33)30-17-5-3-2-4-12(17)10-25-19-15(21(22,23)24)11-26-20(29-19)27-14-6-7-16-13(8-14)9-18(31)28-16/h2-8,11,30H,9-10H2,1H3,(H,28,31)(H2,25,26,27,29). The SMILES string of the molecule is CS(=O)(=O)Nc1ccccc1CNc1nc(Nc2ccc3c(c2)CC(=O)N3)ncc1C(F)(F)F. The Labute approximate surface area is 192 Å². The molecule has 2 aromatic carbocycles. The molecule has 1 aliphatic heterocycles. The Kier molecular flexibility index (Phi) is 6.04. The zero-order valence-electron chi connectivity index (χ0n) is 17.7. The highest BCUT2D eigenvalue weighted by Crippen LogP contribution is 2.35. The number of hydrogen-bond donors (Lipinski definition) is 4. The first-order valence-electron chi connectivity index (χ1n) is 9.91. The zero-order chi connectivity index (χ0) is 24.5. The third kappa shape index (κ3) is 5.54. The molecule has 0 fully saturated rings. The summed E-state index contributed by atoms with van der Waals surface area (Å²) in [5.74, 6) is -0.706. The number of anilines is 5. The predicted octanol–water partition coefficient (Wildman–Crippen LogP) is 3.72. The van der Waals surface area contributed by atoms with Crippen LogP contribution in [0.4, 0.5) is 42.0 Å². The molecule has 9 nitrogen and oxygen atoms in total. The minimum absolute atomic E-state index is 0.0877. The van der Waals surface area contributed by atoms with Gasteiger partial charge >= 0.3 is 6.18 Å². The Bertz CT molecular complexity index is 1360. The van der Waals surface area contributed by atoms with E-state index in [0.29, 0.717) is 23.1 Å². The van der Waals surface area contributed by atoms with Crippen LogP contribution in [0, 0.1) is 0 Å². The minimum atomic E-state index is -4.72. The highest BCUT2D eigenvalue weighted by Gasteiger charge is 2.35. The van der Waals surface area contributed by atoms with Gasteiger partial charge in [0.15, 0.2) is 0 Å². The maximum absolute atomic E-state index is 13.6. The summed E-state index contributed by atoms with van der Waals surface area (Å²) in [5.41, 5.74) is 1.51. The summed E-state index contributed by atoms with van der Waals surface area (Å²) >= 11 is 0. The molecule has 0 saturated heterocycles. The van der Waals surface area contributed by atoms with Gasteiger partial charge in [-0.25, -0.2) is 13.4 Å². The predicted molar refractivity (Wildman–Crippen MR) is 121 cm³/mol. The van der Waals surface area contributed by atoms with E-state index in [1.54, 1.807) is 36.4 Å². The van der Waals surface area contributed by atoms with Gasteiger partial charge in [0, 0.05) is 24.1 Å². The van der Waals surface area contributed by atoms with Crippen LogP contribution >= 0.6 is 0 Å². The number of benzene rings is 2. The van der Waals surface area contributed by atoms with Crippen LogP contribution in [0.2, 0.25) is 0 Å². The molecule has 0 saturated carbocycles. The lowest BCUT2D eigenvalue weighted by Crippen LogP contribution is -2.16. The molecule has 0 aliphatic carbocycles. The van der Waals surface area contributed by atoms with Gasteiger partial charge in [0.25, 0.3) is 0 Å². The summed E-state index contributed by atoms with van der Waals surface area (Å²) in [5, 5.41) is 8.18. The number of hydrogen-bond acceptors (Lipinski definition) is 7. The van der Waals surface area contributed by atoms with Crippen molar-refractivity contribution in [1.82, 2.24) is 9.97 Å². The molecule has 0 unspecified atom stereocenters. The van der Waals surface area contributed by atoms with Gasteiger partial charge in [-0.05, 0) is 35.4 Å². The number of alkyl halides is 3. The van der Waals surface area contributed by atoms with Gasteiger partial charge in [0.05, 0.1) is 18.4 Å². The molecule has 34 heavy (non-hydrogen) atoms. The number of nitrogens with zero attached hydrogens (tertiary/aromatic N) is 2. The second kappa shape index (κ2) is 8.82. The Balaban J connectivity index is 1.59. The summed E-state index contributed by atoms with van der Waals surface area (Å²) in [6, 6.07) is 11.3. The number of amides is 1. The number of halogens is 3. The molecule has 4 N–H and O–H groups in total. The molecule has 178 valence electrons. The van der Waals surface area contributed by atoms with Crippen LogP contribution in [0.3, 0.4) is 0 Å². The van der Waals surface area contributed by atoms with Gasteiger partial charge in [0.1, 0.15) is 11.4 Å². The van der Waals surface area contributed by atoms with Crippen molar-refractivity contribution in [3.8, 4) is 0 Å². The first-order chi connectivity index (χ1) is 16.0. The fourth-order valence-corrected chi connectivity index (χ4v) is 3.97. The lowest BCUT2D eigenvalue weighted by Gasteiger charge is -2.16. The molecule has 0 spiro atoms. The van der Waals surface area contributed by atoms with Gasteiger partial charge in [-0.2, -0.15) is 18.2 Å². The molecule has 1 aliphatic rings. The molecule has 0 bridgehead atoms. The van der Waals surface area contributed by atoms with Crippen molar-refractivity contribution in [3.05, 3.63) is 65.4 Å². The number of para-hydroxylation sites is 1. The molecule has 2 heterocycles. The molecule has 1 amide bonds. The molecule has 4 rings (SSSR count). The van der Waals surface area contributed by atoms with E-state index in [4.69, 9.17) is 0 Å². The van der Waals surface area contributed by atoms with Crippen LogP contribution in [-0.4, -0.2) is 30.5 Å². The van der Waals surface area contributed by atoms with E-state index in [9.17, 15) is 26.4 Å². The topological polar surface area (TPSA) is 125 Å². The van der Waals surface area contributed by atoms with Crippen LogP contribution in [0.5, 0.6) is 0 Å². The summed E-state index contributed by atoms with van der Waals surface area (Å²) in [7, 11) is -3.58. The third-order valence-electron chi connectivity index (χ3n) is 4.84. The van der Waals surface area contributed by atoms with E-state index in [1.807, 2.05) is 0 Å². The van der Waals surface area contributed by atoms with Gasteiger partial charge in [-0.3, -0.25) is 9.52 Å². The molecular weight excluding hydrogens is 473 g/mol. The maximum atomic E-state index is 13.6. The molecule has 3 aromatic rings. The van der Waals surface area contributed by atoms with Crippen molar-refractivity contribution in [2.24, 2.45) is 0 Å². The molecule has 1 aromatic heterocycles. The molecule has 0 radical (unpaired) electrons. The lowest BCUT2D eigenvalue weighted by atomic mass is 10.1. The summed E-state index contributed by atoms with van der Waals surface area (Å²) in [4.78, 5) is 19.3. The van der Waals surface area contributed by atoms with Crippen molar-refractivity contribution in [2.45, 2.75) is 19.1 Å². The Hall–Kier alpha value is -3.87. The monoisotopic (exact) mass is 492 g/mol. The summed E-state index contributed by atoms with van der Waals surface area (Å²) in [6.45, 7) is -0.134. The van der Waals surface area contributed by atoms with E-state index in [0.717, 1.165) is 11.8 Å². The van der Waals surface area contributed by atoms with Crippen molar-refractivity contribution in [1.29, 1.82) is 0 Å². The average Bonchev–Trinajstić information content (AvgIpc) is 3.10. The Morgan fingerprint density at radius 1 is 1.15 bits per heavy atom. The number of nitrogens with one attached hydrogen (secondary N) is 4. The first-order valence-corrected chi connectivity index (χ1v) is 11.8. The normalized spacial score (nSPS) is 13.2. The Morgan fingerprint density at radius 2 is 1.91 bits per heavy atom. The summed E-state index contributed by atoms with van der Waals surface area (Å²) < 4.78 is 66.2. The fourth-order valence-electron chi connectivity index (χ4n) is 3.37. The maximum Gasteiger partial charge on any atom is 0.421 e. The highest BCUT2D eigenvalue weighted by molar-refractivity contribution is 7.92. The van der Waals surface area contributed by atoms with Gasteiger partial charge in [-0.15, -0.1) is 0 Å². The quantitative estimate of drug-likeness (QED) is 0.396. The molecule has 0 atom stereocenters. The molecular formula is C21H19F3N6O3S. The van der Waals surface area contributed by atoms with Crippen LogP contribution in [-0.2, 0) is 34.0 Å². The third-order valence-corrected chi connectivity index (χ3v) is 5.43. The van der Waals surface area contributed by atoms with Crippen LogP contribution < -0.4 is 20.7 Å². The van der Waals surface area contributed by atoms with Crippen molar-refractivity contribution in [2.75, 3.05) is 26.9 Å². The minimum Gasteiger partial charge on any atom is -0.365 e. The second-order valence-electron chi connectivity index (χ2n) is 7.56. The van der Waals surface area contributed by atoms with Crippen LogP contribution in [0.25, 0.3) is 0 Å².